The maximum Gasteiger partial charge on any atom is 0.303 e. The van der Waals surface area contributed by atoms with Gasteiger partial charge in [-0.2, -0.15) is 0 Å². The molecule has 1 fully saturated rings. The van der Waals surface area contributed by atoms with E-state index in [2.05, 4.69) is 42.5 Å². The lowest BCUT2D eigenvalue weighted by Gasteiger charge is -2.37. The highest BCUT2D eigenvalue weighted by Gasteiger charge is 2.34. The van der Waals surface area contributed by atoms with Crippen LogP contribution in [0, 0.1) is 5.92 Å². The van der Waals surface area contributed by atoms with Crippen molar-refractivity contribution >= 4 is 11.9 Å². The van der Waals surface area contributed by atoms with Gasteiger partial charge in [-0.1, -0.05) is 30.3 Å². The molecule has 2 aromatic carbocycles. The second-order valence-corrected chi connectivity index (χ2v) is 8.58. The van der Waals surface area contributed by atoms with Gasteiger partial charge in [0, 0.05) is 25.4 Å². The van der Waals surface area contributed by atoms with Crippen molar-refractivity contribution in [3.05, 3.63) is 64.7 Å². The molecule has 0 aromatic heterocycles. The van der Waals surface area contributed by atoms with E-state index in [1.165, 1.54) is 22.3 Å². The molecular formula is C26H31NO4. The summed E-state index contributed by atoms with van der Waals surface area (Å²) in [5.41, 5.74) is 5.60. The molecule has 2 aliphatic rings. The lowest BCUT2D eigenvalue weighted by Crippen LogP contribution is -2.40. The Hall–Kier alpha value is -2.82. The van der Waals surface area contributed by atoms with Crippen molar-refractivity contribution in [3.63, 3.8) is 0 Å². The fraction of sp³-hybridized carbons (Fsp3) is 0.462. The number of amides is 1. The third-order valence-electron chi connectivity index (χ3n) is 6.73. The molecule has 164 valence electrons. The summed E-state index contributed by atoms with van der Waals surface area (Å²) in [6.07, 6.45) is 3.91. The molecule has 1 aliphatic carbocycles. The summed E-state index contributed by atoms with van der Waals surface area (Å²) in [5.74, 6) is 0.759. The minimum atomic E-state index is -0.915. The number of benzene rings is 2. The number of hydrogen-bond donors (Lipinski definition) is 1. The van der Waals surface area contributed by atoms with E-state index in [1.807, 2.05) is 11.8 Å². The number of aliphatic carboxylic acids is 1. The molecular weight excluding hydrogens is 390 g/mol. The molecule has 2 aromatic rings. The van der Waals surface area contributed by atoms with E-state index in [0.29, 0.717) is 31.5 Å². The molecule has 1 heterocycles. The molecule has 0 saturated carbocycles. The van der Waals surface area contributed by atoms with Gasteiger partial charge in [-0.15, -0.1) is 0 Å². The number of carbonyl (C=O) groups is 2. The van der Waals surface area contributed by atoms with Crippen LogP contribution < -0.4 is 4.74 Å². The molecule has 5 heteroatoms. The van der Waals surface area contributed by atoms with Crippen LogP contribution in [0.1, 0.15) is 60.8 Å². The lowest BCUT2D eigenvalue weighted by molar-refractivity contribution is -0.141. The maximum atomic E-state index is 12.4. The number of ether oxygens (including phenoxy) is 1. The minimum Gasteiger partial charge on any atom is -0.494 e. The Labute approximate surface area is 184 Å². The Balaban J connectivity index is 1.58. The number of carboxylic acids is 1. The van der Waals surface area contributed by atoms with Gasteiger partial charge in [0.1, 0.15) is 5.75 Å². The third-order valence-corrected chi connectivity index (χ3v) is 6.73. The SMILES string of the molecule is CCOc1ccc2c(c1)CCc1ccccc1C2C1CCN(C(=O)CCC(=O)O)CC1. The zero-order valence-electron chi connectivity index (χ0n) is 18.2. The number of nitrogens with zero attached hydrogens (tertiary/aromatic N) is 1. The van der Waals surface area contributed by atoms with Gasteiger partial charge in [-0.25, -0.2) is 0 Å². The van der Waals surface area contributed by atoms with Crippen molar-refractivity contribution in [2.45, 2.75) is 51.4 Å². The normalized spacial score (nSPS) is 18.6. The first-order valence-corrected chi connectivity index (χ1v) is 11.4. The molecule has 4 rings (SSSR count). The highest BCUT2D eigenvalue weighted by molar-refractivity contribution is 5.80. The lowest BCUT2D eigenvalue weighted by atomic mass is 9.74. The van der Waals surface area contributed by atoms with Crippen LogP contribution in [0.3, 0.4) is 0 Å². The quantitative estimate of drug-likeness (QED) is 0.750. The molecule has 5 nitrogen and oxygen atoms in total. The number of hydrogen-bond acceptors (Lipinski definition) is 3. The van der Waals surface area contributed by atoms with E-state index >= 15 is 0 Å². The smallest absolute Gasteiger partial charge is 0.303 e. The Morgan fingerprint density at radius 1 is 1.00 bits per heavy atom. The van der Waals surface area contributed by atoms with Crippen molar-refractivity contribution in [2.75, 3.05) is 19.7 Å². The number of likely N-dealkylation sites (tertiary alicyclic amines) is 1. The van der Waals surface area contributed by atoms with Crippen LogP contribution in [-0.4, -0.2) is 41.6 Å². The van der Waals surface area contributed by atoms with Crippen molar-refractivity contribution in [3.8, 4) is 5.75 Å². The van der Waals surface area contributed by atoms with Crippen LogP contribution in [0.2, 0.25) is 0 Å². The van der Waals surface area contributed by atoms with Gasteiger partial charge in [-0.3, -0.25) is 9.59 Å². The first-order valence-electron chi connectivity index (χ1n) is 11.4. The molecule has 1 amide bonds. The topological polar surface area (TPSA) is 66.8 Å². The molecule has 31 heavy (non-hydrogen) atoms. The Bertz CT molecular complexity index is 946. The zero-order chi connectivity index (χ0) is 21.8. The molecule has 1 N–H and O–H groups in total. The molecule has 0 spiro atoms. The van der Waals surface area contributed by atoms with Crippen molar-refractivity contribution in [2.24, 2.45) is 5.92 Å². The van der Waals surface area contributed by atoms with Crippen LogP contribution in [-0.2, 0) is 22.4 Å². The molecule has 0 radical (unpaired) electrons. The Kier molecular flexibility index (Phi) is 6.59. The Morgan fingerprint density at radius 3 is 2.45 bits per heavy atom. The highest BCUT2D eigenvalue weighted by Crippen LogP contribution is 2.43. The average molecular weight is 422 g/mol. The first kappa shape index (κ1) is 21.4. The van der Waals surface area contributed by atoms with Gasteiger partial charge in [0.15, 0.2) is 0 Å². The minimum absolute atomic E-state index is 0.0381. The number of carboxylic acid groups (broad SMARTS) is 1. The second kappa shape index (κ2) is 9.54. The van der Waals surface area contributed by atoms with E-state index in [1.54, 1.807) is 0 Å². The number of aryl methyl sites for hydroxylation is 2. The number of fused-ring (bicyclic) bond motifs is 2. The van der Waals surface area contributed by atoms with E-state index in [9.17, 15) is 9.59 Å². The van der Waals surface area contributed by atoms with Crippen molar-refractivity contribution < 1.29 is 19.4 Å². The molecule has 0 bridgehead atoms. The monoisotopic (exact) mass is 421 g/mol. The fourth-order valence-corrected chi connectivity index (χ4v) is 5.22. The first-order chi connectivity index (χ1) is 15.1. The molecule has 1 aliphatic heterocycles. The average Bonchev–Trinajstić information content (AvgIpc) is 2.94. The zero-order valence-corrected chi connectivity index (χ0v) is 18.2. The van der Waals surface area contributed by atoms with Crippen LogP contribution in [0.15, 0.2) is 42.5 Å². The van der Waals surface area contributed by atoms with Gasteiger partial charge in [0.2, 0.25) is 5.91 Å². The summed E-state index contributed by atoms with van der Waals surface area (Å²) in [6, 6.07) is 15.3. The largest absolute Gasteiger partial charge is 0.494 e. The number of piperidine rings is 1. The van der Waals surface area contributed by atoms with Crippen molar-refractivity contribution in [1.82, 2.24) is 4.90 Å². The second-order valence-electron chi connectivity index (χ2n) is 8.58. The summed E-state index contributed by atoms with van der Waals surface area (Å²) in [4.78, 5) is 25.0. The van der Waals surface area contributed by atoms with Gasteiger partial charge in [0.25, 0.3) is 0 Å². The predicted octanol–water partition coefficient (Wildman–Crippen LogP) is 4.42. The summed E-state index contributed by atoms with van der Waals surface area (Å²) < 4.78 is 5.76. The van der Waals surface area contributed by atoms with Crippen LogP contribution >= 0.6 is 0 Å². The van der Waals surface area contributed by atoms with Gasteiger partial charge < -0.3 is 14.7 Å². The van der Waals surface area contributed by atoms with Gasteiger partial charge in [-0.05, 0) is 72.9 Å². The van der Waals surface area contributed by atoms with Crippen LogP contribution in [0.25, 0.3) is 0 Å². The standard InChI is InChI=1S/C26H31NO4/c1-2-31-21-9-10-23-20(17-21)8-7-18-5-3-4-6-22(18)26(23)19-13-15-27(16-14-19)24(28)11-12-25(29)30/h3-6,9-10,17,19,26H,2,7-8,11-16H2,1H3,(H,29,30). The van der Waals surface area contributed by atoms with E-state index in [-0.39, 0.29) is 18.7 Å². The summed E-state index contributed by atoms with van der Waals surface area (Å²) in [6.45, 7) is 4.08. The molecule has 1 atom stereocenters. The van der Waals surface area contributed by atoms with Gasteiger partial charge in [0.05, 0.1) is 13.0 Å². The number of carbonyl (C=O) groups excluding carboxylic acids is 1. The number of rotatable bonds is 6. The summed E-state index contributed by atoms with van der Waals surface area (Å²) in [5, 5.41) is 8.86. The third kappa shape index (κ3) is 4.76. The predicted molar refractivity (Wildman–Crippen MR) is 119 cm³/mol. The van der Waals surface area contributed by atoms with E-state index in [4.69, 9.17) is 9.84 Å². The van der Waals surface area contributed by atoms with E-state index in [0.717, 1.165) is 31.4 Å². The summed E-state index contributed by atoms with van der Waals surface area (Å²) >= 11 is 0. The molecule has 1 unspecified atom stereocenters. The van der Waals surface area contributed by atoms with Crippen LogP contribution in [0.4, 0.5) is 0 Å². The fourth-order valence-electron chi connectivity index (χ4n) is 5.22. The Morgan fingerprint density at radius 2 is 1.71 bits per heavy atom. The maximum absolute atomic E-state index is 12.4. The highest BCUT2D eigenvalue weighted by atomic mass is 16.5. The van der Waals surface area contributed by atoms with Crippen LogP contribution in [0.5, 0.6) is 5.75 Å². The van der Waals surface area contributed by atoms with E-state index < -0.39 is 5.97 Å². The molecule has 1 saturated heterocycles. The summed E-state index contributed by atoms with van der Waals surface area (Å²) in [7, 11) is 0. The van der Waals surface area contributed by atoms with Crippen molar-refractivity contribution in [1.29, 1.82) is 0 Å². The van der Waals surface area contributed by atoms with Gasteiger partial charge >= 0.3 is 5.97 Å².